The van der Waals surface area contributed by atoms with Gasteiger partial charge in [-0.25, -0.2) is 4.39 Å². The molecule has 0 amide bonds. The zero-order valence-corrected chi connectivity index (χ0v) is 8.87. The SMILES string of the molecule is CC(=O)c1occc1Cc1ccc(F)cc1. The predicted molar refractivity (Wildman–Crippen MR) is 57.9 cm³/mol. The number of carbonyl (C=O) groups excluding carboxylic acids is 1. The molecular formula is C13H11FO2. The summed E-state index contributed by atoms with van der Waals surface area (Å²) in [5.74, 6) is 0.0224. The molecule has 0 saturated heterocycles. The highest BCUT2D eigenvalue weighted by molar-refractivity contribution is 5.92. The van der Waals surface area contributed by atoms with Crippen LogP contribution >= 0.6 is 0 Å². The van der Waals surface area contributed by atoms with Gasteiger partial charge in [0.05, 0.1) is 6.26 Å². The Morgan fingerprint density at radius 2 is 1.94 bits per heavy atom. The van der Waals surface area contributed by atoms with Crippen molar-refractivity contribution in [3.63, 3.8) is 0 Å². The van der Waals surface area contributed by atoms with Gasteiger partial charge in [0.15, 0.2) is 11.5 Å². The summed E-state index contributed by atoms with van der Waals surface area (Å²) in [5.41, 5.74) is 1.78. The molecule has 0 aliphatic carbocycles. The van der Waals surface area contributed by atoms with E-state index in [1.807, 2.05) is 0 Å². The summed E-state index contributed by atoms with van der Waals surface area (Å²) in [7, 11) is 0. The third-order valence-electron chi connectivity index (χ3n) is 2.37. The molecule has 3 heteroatoms. The van der Waals surface area contributed by atoms with Gasteiger partial charge >= 0.3 is 0 Å². The lowest BCUT2D eigenvalue weighted by Crippen LogP contribution is -1.96. The maximum Gasteiger partial charge on any atom is 0.195 e. The van der Waals surface area contributed by atoms with E-state index in [4.69, 9.17) is 4.42 Å². The minimum absolute atomic E-state index is 0.0953. The van der Waals surface area contributed by atoms with Crippen molar-refractivity contribution in [1.29, 1.82) is 0 Å². The molecule has 0 bridgehead atoms. The average Bonchev–Trinajstić information content (AvgIpc) is 2.69. The topological polar surface area (TPSA) is 30.2 Å². The van der Waals surface area contributed by atoms with Gasteiger partial charge in [-0.15, -0.1) is 0 Å². The molecule has 1 heterocycles. The van der Waals surface area contributed by atoms with E-state index in [0.29, 0.717) is 12.2 Å². The summed E-state index contributed by atoms with van der Waals surface area (Å²) in [5, 5.41) is 0. The maximum absolute atomic E-state index is 12.7. The number of Topliss-reactive ketones (excluding diaryl/α,β-unsaturated/α-hetero) is 1. The van der Waals surface area contributed by atoms with Crippen LogP contribution in [0.2, 0.25) is 0 Å². The lowest BCUT2D eigenvalue weighted by atomic mass is 10.0. The van der Waals surface area contributed by atoms with Crippen LogP contribution in [0.5, 0.6) is 0 Å². The first-order valence-corrected chi connectivity index (χ1v) is 4.98. The van der Waals surface area contributed by atoms with Gasteiger partial charge in [-0.05, 0) is 23.8 Å². The predicted octanol–water partition coefficient (Wildman–Crippen LogP) is 3.21. The standard InChI is InChI=1S/C13H11FO2/c1-9(15)13-11(6-7-16-13)8-10-2-4-12(14)5-3-10/h2-7H,8H2,1H3. The van der Waals surface area contributed by atoms with Gasteiger partial charge in [0.1, 0.15) is 5.82 Å². The summed E-state index contributed by atoms with van der Waals surface area (Å²) >= 11 is 0. The second-order valence-corrected chi connectivity index (χ2v) is 3.63. The van der Waals surface area contributed by atoms with Crippen LogP contribution in [0.3, 0.4) is 0 Å². The van der Waals surface area contributed by atoms with Crippen molar-refractivity contribution in [3.05, 3.63) is 59.3 Å². The molecule has 0 aliphatic rings. The van der Waals surface area contributed by atoms with Gasteiger partial charge < -0.3 is 4.42 Å². The minimum Gasteiger partial charge on any atom is -0.461 e. The molecule has 0 saturated carbocycles. The largest absolute Gasteiger partial charge is 0.461 e. The van der Waals surface area contributed by atoms with Crippen molar-refractivity contribution >= 4 is 5.78 Å². The second kappa shape index (κ2) is 4.31. The summed E-state index contributed by atoms with van der Waals surface area (Å²) in [6.45, 7) is 1.47. The molecule has 0 radical (unpaired) electrons. The summed E-state index contributed by atoms with van der Waals surface area (Å²) in [6.07, 6.45) is 2.07. The Hall–Kier alpha value is -1.90. The van der Waals surface area contributed by atoms with Crippen LogP contribution in [-0.4, -0.2) is 5.78 Å². The highest BCUT2D eigenvalue weighted by Gasteiger charge is 2.11. The number of ketones is 1. The zero-order chi connectivity index (χ0) is 11.5. The molecule has 0 atom stereocenters. The number of hydrogen-bond donors (Lipinski definition) is 0. The van der Waals surface area contributed by atoms with Gasteiger partial charge in [0, 0.05) is 18.9 Å². The highest BCUT2D eigenvalue weighted by Crippen LogP contribution is 2.16. The molecule has 0 spiro atoms. The van der Waals surface area contributed by atoms with E-state index in [1.165, 1.54) is 25.3 Å². The van der Waals surface area contributed by atoms with Crippen LogP contribution in [0.1, 0.15) is 28.6 Å². The summed E-state index contributed by atoms with van der Waals surface area (Å²) in [4.78, 5) is 11.2. The number of halogens is 1. The van der Waals surface area contributed by atoms with Crippen LogP contribution in [0.25, 0.3) is 0 Å². The number of benzene rings is 1. The van der Waals surface area contributed by atoms with Crippen molar-refractivity contribution < 1.29 is 13.6 Å². The molecular weight excluding hydrogens is 207 g/mol. The highest BCUT2D eigenvalue weighted by atomic mass is 19.1. The fraction of sp³-hybridized carbons (Fsp3) is 0.154. The van der Waals surface area contributed by atoms with E-state index in [9.17, 15) is 9.18 Å². The molecule has 1 aromatic carbocycles. The molecule has 2 rings (SSSR count). The first kappa shape index (κ1) is 10.6. The van der Waals surface area contributed by atoms with Crippen molar-refractivity contribution in [3.8, 4) is 0 Å². The Labute approximate surface area is 92.7 Å². The fourth-order valence-electron chi connectivity index (χ4n) is 1.61. The van der Waals surface area contributed by atoms with Crippen LogP contribution in [-0.2, 0) is 6.42 Å². The monoisotopic (exact) mass is 218 g/mol. The Kier molecular flexibility index (Phi) is 2.86. The van der Waals surface area contributed by atoms with Crippen LogP contribution in [0.15, 0.2) is 41.0 Å². The third kappa shape index (κ3) is 2.19. The molecule has 2 aromatic rings. The quantitative estimate of drug-likeness (QED) is 0.740. The summed E-state index contributed by atoms with van der Waals surface area (Å²) in [6, 6.07) is 7.98. The molecule has 16 heavy (non-hydrogen) atoms. The molecule has 0 N–H and O–H groups in total. The second-order valence-electron chi connectivity index (χ2n) is 3.63. The third-order valence-corrected chi connectivity index (χ3v) is 2.37. The molecule has 0 aliphatic heterocycles. The van der Waals surface area contributed by atoms with E-state index >= 15 is 0 Å². The van der Waals surface area contributed by atoms with Gasteiger partial charge in [0.25, 0.3) is 0 Å². The smallest absolute Gasteiger partial charge is 0.195 e. The molecule has 0 fully saturated rings. The Bertz CT molecular complexity index is 497. The molecule has 2 nitrogen and oxygen atoms in total. The Balaban J connectivity index is 2.23. The van der Waals surface area contributed by atoms with E-state index in [2.05, 4.69) is 0 Å². The van der Waals surface area contributed by atoms with Crippen LogP contribution in [0.4, 0.5) is 4.39 Å². The van der Waals surface area contributed by atoms with Gasteiger partial charge in [0.2, 0.25) is 0 Å². The lowest BCUT2D eigenvalue weighted by molar-refractivity contribution is 0.0986. The van der Waals surface area contributed by atoms with Crippen LogP contribution in [0, 0.1) is 5.82 Å². The normalized spacial score (nSPS) is 10.4. The van der Waals surface area contributed by atoms with Crippen LogP contribution < -0.4 is 0 Å². The Morgan fingerprint density at radius 3 is 2.56 bits per heavy atom. The van der Waals surface area contributed by atoms with Crippen molar-refractivity contribution in [2.45, 2.75) is 13.3 Å². The number of hydrogen-bond acceptors (Lipinski definition) is 2. The van der Waals surface area contributed by atoms with Gasteiger partial charge in [-0.2, -0.15) is 0 Å². The summed E-state index contributed by atoms with van der Waals surface area (Å²) < 4.78 is 17.8. The van der Waals surface area contributed by atoms with Gasteiger partial charge in [-0.3, -0.25) is 4.79 Å². The maximum atomic E-state index is 12.7. The fourth-order valence-corrected chi connectivity index (χ4v) is 1.61. The average molecular weight is 218 g/mol. The minimum atomic E-state index is -0.261. The van der Waals surface area contributed by atoms with E-state index in [1.54, 1.807) is 18.2 Å². The van der Waals surface area contributed by atoms with E-state index in [0.717, 1.165) is 11.1 Å². The van der Waals surface area contributed by atoms with Crippen molar-refractivity contribution in [2.24, 2.45) is 0 Å². The number of carbonyl (C=O) groups is 1. The van der Waals surface area contributed by atoms with Crippen molar-refractivity contribution in [2.75, 3.05) is 0 Å². The first-order chi connectivity index (χ1) is 7.66. The number of rotatable bonds is 3. The first-order valence-electron chi connectivity index (χ1n) is 4.98. The van der Waals surface area contributed by atoms with E-state index < -0.39 is 0 Å². The van der Waals surface area contributed by atoms with Gasteiger partial charge in [-0.1, -0.05) is 12.1 Å². The lowest BCUT2D eigenvalue weighted by Gasteiger charge is -2.00. The van der Waals surface area contributed by atoms with E-state index in [-0.39, 0.29) is 11.6 Å². The van der Waals surface area contributed by atoms with Crippen molar-refractivity contribution in [1.82, 2.24) is 0 Å². The Morgan fingerprint density at radius 1 is 1.25 bits per heavy atom. The number of furan rings is 1. The molecule has 0 unspecified atom stereocenters. The molecule has 82 valence electrons. The molecule has 1 aromatic heterocycles. The zero-order valence-electron chi connectivity index (χ0n) is 8.87.